The second-order valence-corrected chi connectivity index (χ2v) is 5.93. The summed E-state index contributed by atoms with van der Waals surface area (Å²) in [4.78, 5) is 10.8. The molecule has 0 atom stereocenters. The van der Waals surface area contributed by atoms with Gasteiger partial charge in [-0.05, 0) is 43.5 Å². The molecule has 0 aliphatic carbocycles. The number of ether oxygens (including phenoxy) is 1. The number of amidine groups is 1. The first kappa shape index (κ1) is 16.0. The molecule has 22 heavy (non-hydrogen) atoms. The molecule has 2 rings (SSSR count). The molecule has 0 unspecified atom stereocenters. The molecule has 4 N–H and O–H groups in total. The predicted octanol–water partition coefficient (Wildman–Crippen LogP) is 1.55. The van der Waals surface area contributed by atoms with Gasteiger partial charge in [-0.15, -0.1) is 0 Å². The van der Waals surface area contributed by atoms with Gasteiger partial charge in [0.15, 0.2) is 5.84 Å². The van der Waals surface area contributed by atoms with Crippen LogP contribution in [0.5, 0.6) is 5.75 Å². The summed E-state index contributed by atoms with van der Waals surface area (Å²) in [6.07, 6.45) is 1.46. The van der Waals surface area contributed by atoms with Crippen molar-refractivity contribution in [3.8, 4) is 5.75 Å². The number of aryl methyl sites for hydroxylation is 3. The highest BCUT2D eigenvalue weighted by molar-refractivity contribution is 7.08. The predicted molar refractivity (Wildman–Crippen MR) is 85.0 cm³/mol. The van der Waals surface area contributed by atoms with E-state index >= 15 is 0 Å². The van der Waals surface area contributed by atoms with Gasteiger partial charge in [-0.1, -0.05) is 16.5 Å². The number of nitrogens with two attached hydrogens (primary N) is 1. The fourth-order valence-electron chi connectivity index (χ4n) is 2.15. The summed E-state index contributed by atoms with van der Waals surface area (Å²) in [6, 6.07) is 3.63. The number of nitrogens with zero attached hydrogens (tertiary/aromatic N) is 2. The van der Waals surface area contributed by atoms with Gasteiger partial charge in [-0.25, -0.2) is 5.10 Å². The van der Waals surface area contributed by atoms with Crippen LogP contribution in [0.25, 0.3) is 0 Å². The lowest BCUT2D eigenvalue weighted by Gasteiger charge is -2.13. The van der Waals surface area contributed by atoms with Crippen molar-refractivity contribution in [1.82, 2.24) is 10.2 Å². The van der Waals surface area contributed by atoms with Crippen LogP contribution in [0.4, 0.5) is 0 Å². The van der Waals surface area contributed by atoms with Gasteiger partial charge in [0.2, 0.25) is 0 Å². The van der Waals surface area contributed by atoms with E-state index in [0.717, 1.165) is 39.6 Å². The fourth-order valence-corrected chi connectivity index (χ4v) is 2.79. The zero-order chi connectivity index (χ0) is 16.1. The molecule has 0 aliphatic rings. The Morgan fingerprint density at radius 2 is 2.14 bits per heavy atom. The fraction of sp³-hybridized carbons (Fsp3) is 0.357. The van der Waals surface area contributed by atoms with Crippen molar-refractivity contribution in [3.63, 3.8) is 0 Å². The van der Waals surface area contributed by atoms with Crippen LogP contribution in [0.1, 0.15) is 28.1 Å². The van der Waals surface area contributed by atoms with Crippen LogP contribution in [-0.2, 0) is 6.42 Å². The van der Waals surface area contributed by atoms with Crippen molar-refractivity contribution in [3.05, 3.63) is 43.5 Å². The normalized spacial score (nSPS) is 11.6. The maximum absolute atomic E-state index is 11.0. The zero-order valence-electron chi connectivity index (χ0n) is 12.4. The Balaban J connectivity index is 1.96. The SMILES string of the molecule is Cc1cc(C(N)=NO)cc(C)c1OCCCc1n[nH]c(=O)s1. The average Bonchev–Trinajstić information content (AvgIpc) is 2.90. The Morgan fingerprint density at radius 3 is 2.68 bits per heavy atom. The van der Waals surface area contributed by atoms with Gasteiger partial charge in [0.25, 0.3) is 0 Å². The van der Waals surface area contributed by atoms with Gasteiger partial charge in [-0.2, -0.15) is 5.10 Å². The number of H-pyrrole nitrogens is 1. The van der Waals surface area contributed by atoms with Crippen LogP contribution < -0.4 is 15.3 Å². The Bertz CT molecular complexity index is 713. The number of benzene rings is 1. The lowest BCUT2D eigenvalue weighted by molar-refractivity contribution is 0.306. The second kappa shape index (κ2) is 7.08. The molecule has 0 aliphatic heterocycles. The molecule has 118 valence electrons. The Kier molecular flexibility index (Phi) is 5.16. The third kappa shape index (κ3) is 3.85. The quantitative estimate of drug-likeness (QED) is 0.245. The van der Waals surface area contributed by atoms with E-state index in [0.29, 0.717) is 18.6 Å². The molecular weight excluding hydrogens is 304 g/mol. The lowest BCUT2D eigenvalue weighted by Crippen LogP contribution is -2.14. The minimum absolute atomic E-state index is 0.0752. The molecule has 0 fully saturated rings. The molecule has 0 spiro atoms. The van der Waals surface area contributed by atoms with Gasteiger partial charge in [0, 0.05) is 12.0 Å². The molecule has 1 aromatic carbocycles. The summed E-state index contributed by atoms with van der Waals surface area (Å²) in [5.41, 5.74) is 8.10. The summed E-state index contributed by atoms with van der Waals surface area (Å²) >= 11 is 1.12. The molecule has 1 heterocycles. The smallest absolute Gasteiger partial charge is 0.322 e. The summed E-state index contributed by atoms with van der Waals surface area (Å²) in [5.74, 6) is 0.871. The average molecular weight is 322 g/mol. The first-order valence-corrected chi connectivity index (χ1v) is 7.59. The molecular formula is C14H18N4O3S. The Labute approximate surface area is 131 Å². The van der Waals surface area contributed by atoms with Crippen molar-refractivity contribution >= 4 is 17.2 Å². The van der Waals surface area contributed by atoms with E-state index in [1.807, 2.05) is 26.0 Å². The number of aromatic nitrogens is 2. The van der Waals surface area contributed by atoms with Crippen molar-refractivity contribution in [2.75, 3.05) is 6.61 Å². The zero-order valence-corrected chi connectivity index (χ0v) is 13.2. The maximum Gasteiger partial charge on any atom is 0.322 e. The molecule has 0 amide bonds. The largest absolute Gasteiger partial charge is 0.493 e. The molecule has 0 radical (unpaired) electrons. The van der Waals surface area contributed by atoms with Crippen molar-refractivity contribution in [2.24, 2.45) is 10.9 Å². The van der Waals surface area contributed by atoms with Crippen LogP contribution in [-0.4, -0.2) is 27.8 Å². The summed E-state index contributed by atoms with van der Waals surface area (Å²) < 4.78 is 5.81. The van der Waals surface area contributed by atoms with Gasteiger partial charge < -0.3 is 15.7 Å². The Morgan fingerprint density at radius 1 is 1.45 bits per heavy atom. The number of aromatic amines is 1. The molecule has 0 saturated carbocycles. The van der Waals surface area contributed by atoms with E-state index in [9.17, 15) is 4.79 Å². The van der Waals surface area contributed by atoms with Crippen molar-refractivity contribution < 1.29 is 9.94 Å². The molecule has 2 aromatic rings. The van der Waals surface area contributed by atoms with Crippen molar-refractivity contribution in [2.45, 2.75) is 26.7 Å². The van der Waals surface area contributed by atoms with Gasteiger partial charge >= 0.3 is 4.87 Å². The van der Waals surface area contributed by atoms with Gasteiger partial charge in [0.05, 0.1) is 6.61 Å². The van der Waals surface area contributed by atoms with Crippen LogP contribution in [0, 0.1) is 13.8 Å². The highest BCUT2D eigenvalue weighted by Crippen LogP contribution is 2.25. The lowest BCUT2D eigenvalue weighted by atomic mass is 10.1. The van der Waals surface area contributed by atoms with Gasteiger partial charge in [-0.3, -0.25) is 4.79 Å². The van der Waals surface area contributed by atoms with Gasteiger partial charge in [0.1, 0.15) is 10.8 Å². The van der Waals surface area contributed by atoms with Crippen LogP contribution in [0.2, 0.25) is 0 Å². The van der Waals surface area contributed by atoms with E-state index in [-0.39, 0.29) is 10.7 Å². The van der Waals surface area contributed by atoms with E-state index in [1.165, 1.54) is 0 Å². The second-order valence-electron chi connectivity index (χ2n) is 4.88. The monoisotopic (exact) mass is 322 g/mol. The van der Waals surface area contributed by atoms with E-state index in [1.54, 1.807) is 0 Å². The summed E-state index contributed by atoms with van der Waals surface area (Å²) in [6.45, 7) is 4.35. The molecule has 0 bridgehead atoms. The first-order chi connectivity index (χ1) is 10.5. The topological polar surface area (TPSA) is 114 Å². The number of hydrogen-bond donors (Lipinski definition) is 3. The Hall–Kier alpha value is -2.35. The maximum atomic E-state index is 11.0. The first-order valence-electron chi connectivity index (χ1n) is 6.77. The number of rotatable bonds is 6. The third-order valence-electron chi connectivity index (χ3n) is 3.13. The number of oxime groups is 1. The van der Waals surface area contributed by atoms with Crippen LogP contribution in [0.3, 0.4) is 0 Å². The highest BCUT2D eigenvalue weighted by atomic mass is 32.1. The minimum atomic E-state index is -0.138. The summed E-state index contributed by atoms with van der Waals surface area (Å²) in [5, 5.41) is 18.8. The number of hydrogen-bond acceptors (Lipinski definition) is 6. The van der Waals surface area contributed by atoms with E-state index in [2.05, 4.69) is 15.4 Å². The highest BCUT2D eigenvalue weighted by Gasteiger charge is 2.09. The molecule has 7 nitrogen and oxygen atoms in total. The number of nitrogens with one attached hydrogen (secondary N) is 1. The van der Waals surface area contributed by atoms with E-state index in [4.69, 9.17) is 15.7 Å². The molecule has 0 saturated heterocycles. The van der Waals surface area contributed by atoms with Crippen LogP contribution in [0.15, 0.2) is 22.1 Å². The standard InChI is InChI=1S/C14H18N4O3S/c1-8-6-10(13(15)18-20)7-9(2)12(8)21-5-3-4-11-16-17-14(19)22-11/h6-7,20H,3-5H2,1-2H3,(H2,15,18)(H,17,19). The molecule has 1 aromatic heterocycles. The van der Waals surface area contributed by atoms with E-state index < -0.39 is 0 Å². The minimum Gasteiger partial charge on any atom is -0.493 e. The summed E-state index contributed by atoms with van der Waals surface area (Å²) in [7, 11) is 0. The molecule has 8 heteroatoms. The van der Waals surface area contributed by atoms with Crippen molar-refractivity contribution in [1.29, 1.82) is 0 Å². The third-order valence-corrected chi connectivity index (χ3v) is 3.94. The van der Waals surface area contributed by atoms with Crippen LogP contribution >= 0.6 is 11.3 Å².